The van der Waals surface area contributed by atoms with Gasteiger partial charge in [0.25, 0.3) is 0 Å². The maximum Gasteiger partial charge on any atom is 0.328 e. The molecule has 9 heteroatoms. The van der Waals surface area contributed by atoms with E-state index in [-0.39, 0.29) is 35.9 Å². The number of urea groups is 1. The monoisotopic (exact) mass is 488 g/mol. The Morgan fingerprint density at radius 2 is 1.92 bits per heavy atom. The number of ketones is 2. The number of hydrogen-bond acceptors (Lipinski definition) is 7. The Hall–Kier alpha value is -4.27. The van der Waals surface area contributed by atoms with E-state index in [1.54, 1.807) is 31.2 Å². The fraction of sp³-hybridized carbons (Fsp3) is 0.296. The normalized spacial score (nSPS) is 27.6. The second kappa shape index (κ2) is 8.44. The minimum Gasteiger partial charge on any atom is -0.504 e. The van der Waals surface area contributed by atoms with Crippen molar-refractivity contribution in [2.24, 2.45) is 29.4 Å². The number of benzene rings is 1. The maximum atomic E-state index is 13.1. The second-order valence-electron chi connectivity index (χ2n) is 9.41. The van der Waals surface area contributed by atoms with Crippen LogP contribution in [0.25, 0.3) is 6.08 Å². The molecule has 0 radical (unpaired) electrons. The van der Waals surface area contributed by atoms with Crippen molar-refractivity contribution in [3.8, 4) is 11.5 Å². The van der Waals surface area contributed by atoms with Crippen LogP contribution in [0.15, 0.2) is 58.7 Å². The average Bonchev–Trinajstić information content (AvgIpc) is 3.11. The van der Waals surface area contributed by atoms with E-state index in [1.807, 2.05) is 6.08 Å². The van der Waals surface area contributed by atoms with E-state index >= 15 is 0 Å². The molecule has 1 aromatic carbocycles. The number of allylic oxidation sites excluding steroid dienone is 7. The van der Waals surface area contributed by atoms with Crippen molar-refractivity contribution in [1.29, 1.82) is 0 Å². The number of primary amides is 1. The molecule has 36 heavy (non-hydrogen) atoms. The Bertz CT molecular complexity index is 1380. The minimum absolute atomic E-state index is 0.0181. The summed E-state index contributed by atoms with van der Waals surface area (Å²) in [4.78, 5) is 64.5. The van der Waals surface area contributed by atoms with Gasteiger partial charge >= 0.3 is 6.03 Å². The van der Waals surface area contributed by atoms with Crippen molar-refractivity contribution in [2.75, 3.05) is 7.11 Å². The minimum atomic E-state index is -1.11. The number of carbonyl (C=O) groups is 5. The third-order valence-corrected chi connectivity index (χ3v) is 7.52. The fourth-order valence-electron chi connectivity index (χ4n) is 5.88. The summed E-state index contributed by atoms with van der Waals surface area (Å²) in [6.07, 6.45) is 7.07. The predicted octanol–water partition coefficient (Wildman–Crippen LogP) is 2.45. The second-order valence-corrected chi connectivity index (χ2v) is 9.41. The number of nitrogens with two attached hydrogens (primary N) is 1. The fourth-order valence-corrected chi connectivity index (χ4v) is 5.88. The molecule has 184 valence electrons. The number of phenolic OH excluding ortho intramolecular Hbond substituents is 1. The number of ether oxygens (including phenoxy) is 1. The summed E-state index contributed by atoms with van der Waals surface area (Å²) >= 11 is 0. The van der Waals surface area contributed by atoms with Crippen LogP contribution in [0.4, 0.5) is 4.79 Å². The number of rotatable bonds is 3. The highest BCUT2D eigenvalue weighted by Gasteiger charge is 2.57. The van der Waals surface area contributed by atoms with Gasteiger partial charge in [-0.25, -0.2) is 4.79 Å². The third kappa shape index (κ3) is 3.42. The molecular weight excluding hydrogens is 464 g/mol. The smallest absolute Gasteiger partial charge is 0.328 e. The van der Waals surface area contributed by atoms with Crippen molar-refractivity contribution in [2.45, 2.75) is 19.8 Å². The van der Waals surface area contributed by atoms with Crippen molar-refractivity contribution >= 4 is 35.5 Å². The molecule has 0 aromatic heterocycles. The standard InChI is InChI=1S/C27H24N2O7/c1-12-9-20(31)22-15(5-3-13-4-8-19(30)21(10-13)36-2)14-6-7-16-23(17(14)11-18(22)24(12)32)26(34)29(25(16)33)27(28)35/h3-6,8-10,15-17,23,30H,7,11H2,1-2H3,(H2,28,35)/t15-,16-,17+,23-/m0/s1. The molecular formula is C27H24N2O7. The largest absolute Gasteiger partial charge is 0.504 e. The third-order valence-electron chi connectivity index (χ3n) is 7.52. The van der Waals surface area contributed by atoms with E-state index in [1.165, 1.54) is 19.3 Å². The number of hydrogen-bond donors (Lipinski definition) is 2. The lowest BCUT2D eigenvalue weighted by molar-refractivity contribution is -0.136. The summed E-state index contributed by atoms with van der Waals surface area (Å²) in [6, 6.07) is 3.68. The van der Waals surface area contributed by atoms with E-state index in [9.17, 15) is 29.1 Å². The van der Waals surface area contributed by atoms with Gasteiger partial charge in [0.05, 0.1) is 18.9 Å². The molecule has 1 heterocycles. The number of Topliss-reactive ketones (excluding diaryl/α,β-unsaturated/α-hetero) is 1. The number of imide groups is 3. The molecule has 3 aliphatic carbocycles. The van der Waals surface area contributed by atoms with Gasteiger partial charge in [0, 0.05) is 22.6 Å². The lowest BCUT2D eigenvalue weighted by Crippen LogP contribution is -2.42. The molecule has 0 bridgehead atoms. The molecule has 4 atom stereocenters. The molecule has 1 aliphatic heterocycles. The Morgan fingerprint density at radius 1 is 1.17 bits per heavy atom. The number of methoxy groups -OCH3 is 1. The number of aromatic hydroxyl groups is 1. The highest BCUT2D eigenvalue weighted by molar-refractivity contribution is 6.23. The number of fused-ring (bicyclic) bond motifs is 3. The molecule has 4 aliphatic rings. The summed E-state index contributed by atoms with van der Waals surface area (Å²) in [5.74, 6) is -4.27. The zero-order valence-electron chi connectivity index (χ0n) is 19.7. The van der Waals surface area contributed by atoms with Crippen LogP contribution in [-0.2, 0) is 19.2 Å². The summed E-state index contributed by atoms with van der Waals surface area (Å²) in [7, 11) is 1.44. The average molecular weight is 488 g/mol. The zero-order valence-corrected chi connectivity index (χ0v) is 19.7. The number of amides is 4. The van der Waals surface area contributed by atoms with Crippen molar-refractivity contribution < 1.29 is 33.8 Å². The zero-order chi connectivity index (χ0) is 25.9. The molecule has 5 rings (SSSR count). The molecule has 1 fully saturated rings. The van der Waals surface area contributed by atoms with E-state index in [4.69, 9.17) is 10.5 Å². The lowest BCUT2D eigenvalue weighted by Gasteiger charge is -2.41. The molecule has 0 saturated carbocycles. The Labute approximate surface area is 206 Å². The van der Waals surface area contributed by atoms with Gasteiger partial charge in [-0.05, 0) is 49.5 Å². The van der Waals surface area contributed by atoms with Gasteiger partial charge in [0.15, 0.2) is 23.1 Å². The first kappa shape index (κ1) is 23.5. The van der Waals surface area contributed by atoms with Crippen LogP contribution >= 0.6 is 0 Å². The van der Waals surface area contributed by atoms with Gasteiger partial charge in [-0.2, -0.15) is 4.90 Å². The first-order valence-corrected chi connectivity index (χ1v) is 11.6. The van der Waals surface area contributed by atoms with Gasteiger partial charge in [0.2, 0.25) is 11.8 Å². The van der Waals surface area contributed by atoms with Crippen LogP contribution in [0, 0.1) is 23.7 Å². The summed E-state index contributed by atoms with van der Waals surface area (Å²) in [5, 5.41) is 9.89. The maximum absolute atomic E-state index is 13.1. The van der Waals surface area contributed by atoms with Gasteiger partial charge < -0.3 is 15.6 Å². The first-order valence-electron chi connectivity index (χ1n) is 11.6. The molecule has 3 N–H and O–H groups in total. The highest BCUT2D eigenvalue weighted by atomic mass is 16.5. The number of carbonyl (C=O) groups excluding carboxylic acids is 5. The van der Waals surface area contributed by atoms with Gasteiger partial charge in [-0.15, -0.1) is 0 Å². The summed E-state index contributed by atoms with van der Waals surface area (Å²) in [5.41, 5.74) is 7.77. The number of likely N-dealkylation sites (tertiary alicyclic amines) is 1. The van der Waals surface area contributed by atoms with Crippen LogP contribution in [0.1, 0.15) is 25.3 Å². The van der Waals surface area contributed by atoms with Crippen LogP contribution < -0.4 is 10.5 Å². The van der Waals surface area contributed by atoms with Gasteiger partial charge in [-0.1, -0.05) is 29.9 Å². The number of phenols is 1. The summed E-state index contributed by atoms with van der Waals surface area (Å²) < 4.78 is 5.17. The first-order chi connectivity index (χ1) is 17.1. The van der Waals surface area contributed by atoms with Crippen LogP contribution in [0.2, 0.25) is 0 Å². The van der Waals surface area contributed by atoms with Gasteiger partial charge in [-0.3, -0.25) is 19.2 Å². The van der Waals surface area contributed by atoms with E-state index in [0.29, 0.717) is 27.2 Å². The van der Waals surface area contributed by atoms with E-state index < -0.39 is 41.5 Å². The van der Waals surface area contributed by atoms with Crippen LogP contribution in [0.3, 0.4) is 0 Å². The van der Waals surface area contributed by atoms with Crippen LogP contribution in [0.5, 0.6) is 11.5 Å². The van der Waals surface area contributed by atoms with E-state index in [0.717, 1.165) is 5.57 Å². The Kier molecular flexibility index (Phi) is 5.50. The number of nitrogens with zero attached hydrogens (tertiary/aromatic N) is 1. The van der Waals surface area contributed by atoms with Gasteiger partial charge in [0.1, 0.15) is 0 Å². The van der Waals surface area contributed by atoms with Crippen LogP contribution in [-0.4, -0.2) is 46.5 Å². The predicted molar refractivity (Wildman–Crippen MR) is 127 cm³/mol. The van der Waals surface area contributed by atoms with Crippen molar-refractivity contribution in [1.82, 2.24) is 4.90 Å². The Morgan fingerprint density at radius 3 is 2.61 bits per heavy atom. The topological polar surface area (TPSA) is 144 Å². The molecule has 0 spiro atoms. The van der Waals surface area contributed by atoms with Crippen molar-refractivity contribution in [3.63, 3.8) is 0 Å². The quantitative estimate of drug-likeness (QED) is 0.378. The summed E-state index contributed by atoms with van der Waals surface area (Å²) in [6.45, 7) is 1.58. The Balaban J connectivity index is 1.61. The molecule has 4 amide bonds. The molecule has 1 saturated heterocycles. The molecule has 9 nitrogen and oxygen atoms in total. The lowest BCUT2D eigenvalue weighted by atomic mass is 9.60. The molecule has 1 aromatic rings. The van der Waals surface area contributed by atoms with Crippen molar-refractivity contribution in [3.05, 3.63) is 64.3 Å². The van der Waals surface area contributed by atoms with E-state index in [2.05, 4.69) is 0 Å². The molecule has 0 unspecified atom stereocenters. The SMILES string of the molecule is COc1cc(C=C[C@H]2C3=CC[C@@H]4C(=O)N(C(N)=O)C(=O)[C@@H]4[C@@H]3CC3=C2C(=O)C=C(C)C3=O)ccc1O. The highest BCUT2D eigenvalue weighted by Crippen LogP contribution is 2.52.